The molecule has 0 aliphatic carbocycles. The predicted octanol–water partition coefficient (Wildman–Crippen LogP) is 3.27. The Bertz CT molecular complexity index is 1060. The van der Waals surface area contributed by atoms with Crippen LogP contribution in [0.5, 0.6) is 11.5 Å². The highest BCUT2D eigenvalue weighted by atomic mass is 35.5. The Morgan fingerprint density at radius 1 is 1.13 bits per heavy atom. The Kier molecular flexibility index (Phi) is 6.93. The number of sulfone groups is 1. The first kappa shape index (κ1) is 23.5. The second-order valence-electron chi connectivity index (χ2n) is 8.24. The molecule has 0 radical (unpaired) electrons. The molecule has 7 nitrogen and oxygen atoms in total. The van der Waals surface area contributed by atoms with Crippen LogP contribution in [0.4, 0.5) is 11.4 Å². The zero-order valence-electron chi connectivity index (χ0n) is 18.6. The predicted molar refractivity (Wildman–Crippen MR) is 126 cm³/mol. The van der Waals surface area contributed by atoms with Crippen LogP contribution in [0.1, 0.15) is 18.4 Å². The van der Waals surface area contributed by atoms with Crippen molar-refractivity contribution in [2.45, 2.75) is 23.8 Å². The molecule has 170 valence electrons. The fourth-order valence-electron chi connectivity index (χ4n) is 3.97. The van der Waals surface area contributed by atoms with E-state index in [9.17, 15) is 8.42 Å². The highest BCUT2D eigenvalue weighted by molar-refractivity contribution is 7.90. The molecule has 0 aromatic heterocycles. The number of hydrogen-bond acceptors (Lipinski definition) is 7. The third-order valence-corrected chi connectivity index (χ3v) is 6.94. The molecule has 1 heterocycles. The monoisotopic (exact) mass is 467 g/mol. The normalized spacial score (nSPS) is 15.6. The summed E-state index contributed by atoms with van der Waals surface area (Å²) in [7, 11) is 2.62. The molecule has 0 saturated carbocycles. The van der Waals surface area contributed by atoms with Gasteiger partial charge < -0.3 is 25.0 Å². The Morgan fingerprint density at radius 2 is 1.81 bits per heavy atom. The molecule has 2 aromatic rings. The third-order valence-electron chi connectivity index (χ3n) is 5.55. The van der Waals surface area contributed by atoms with Gasteiger partial charge in [0.05, 0.1) is 10.6 Å². The fourth-order valence-corrected chi connectivity index (χ4v) is 4.98. The fraction of sp³-hybridized carbons (Fsp3) is 0.455. The van der Waals surface area contributed by atoms with Crippen LogP contribution in [-0.4, -0.2) is 66.5 Å². The van der Waals surface area contributed by atoms with Gasteiger partial charge in [-0.15, -0.1) is 0 Å². The van der Waals surface area contributed by atoms with Gasteiger partial charge in [-0.05, 0) is 38.4 Å². The smallest absolute Gasteiger partial charge is 0.177 e. The molecule has 2 aromatic carbocycles. The summed E-state index contributed by atoms with van der Waals surface area (Å²) >= 11 is 6.38. The highest BCUT2D eigenvalue weighted by Gasteiger charge is 2.30. The minimum atomic E-state index is -3.39. The number of ether oxygens (including phenoxy) is 2. The summed E-state index contributed by atoms with van der Waals surface area (Å²) in [6, 6.07) is 8.78. The maximum Gasteiger partial charge on any atom is 0.177 e. The molecule has 2 N–H and O–H groups in total. The Morgan fingerprint density at radius 3 is 2.42 bits per heavy atom. The van der Waals surface area contributed by atoms with Crippen molar-refractivity contribution < 1.29 is 17.9 Å². The molecule has 2 unspecified atom stereocenters. The second kappa shape index (κ2) is 9.14. The van der Waals surface area contributed by atoms with E-state index in [-0.39, 0.29) is 22.5 Å². The van der Waals surface area contributed by atoms with E-state index < -0.39 is 9.84 Å². The maximum atomic E-state index is 11.9. The van der Waals surface area contributed by atoms with Gasteiger partial charge in [-0.2, -0.15) is 0 Å². The van der Waals surface area contributed by atoms with Crippen molar-refractivity contribution in [3.8, 4) is 11.5 Å². The minimum absolute atomic E-state index is 0.0200. The van der Waals surface area contributed by atoms with Crippen molar-refractivity contribution in [2.75, 3.05) is 57.8 Å². The second-order valence-corrected chi connectivity index (χ2v) is 10.7. The number of nitrogen functional groups attached to an aromatic ring is 1. The average molecular weight is 468 g/mol. The lowest BCUT2D eigenvalue weighted by atomic mass is 9.90. The van der Waals surface area contributed by atoms with Crippen molar-refractivity contribution >= 4 is 32.8 Å². The number of halogens is 1. The number of nitrogens with zero attached hydrogens (tertiary/aromatic N) is 2. The number of fused-ring (bicyclic) bond motifs is 1. The van der Waals surface area contributed by atoms with Crippen molar-refractivity contribution in [3.63, 3.8) is 0 Å². The van der Waals surface area contributed by atoms with Crippen LogP contribution >= 0.6 is 11.6 Å². The lowest BCUT2D eigenvalue weighted by Gasteiger charge is -2.37. The first-order chi connectivity index (χ1) is 14.5. The number of hydrogen-bond donors (Lipinski definition) is 1. The molecule has 0 saturated heterocycles. The summed E-state index contributed by atoms with van der Waals surface area (Å²) < 4.78 is 35.6. The van der Waals surface area contributed by atoms with E-state index in [0.717, 1.165) is 29.8 Å². The molecule has 0 amide bonds. The highest BCUT2D eigenvalue weighted by Crippen LogP contribution is 2.42. The lowest BCUT2D eigenvalue weighted by molar-refractivity contribution is 0.168. The van der Waals surface area contributed by atoms with Gasteiger partial charge in [0.2, 0.25) is 0 Å². The molecule has 31 heavy (non-hydrogen) atoms. The molecule has 3 rings (SSSR count). The summed E-state index contributed by atoms with van der Waals surface area (Å²) in [5.41, 5.74) is 8.11. The first-order valence-electron chi connectivity index (χ1n) is 10.0. The zero-order chi connectivity index (χ0) is 22.9. The van der Waals surface area contributed by atoms with E-state index in [4.69, 9.17) is 26.8 Å². The molecule has 2 atom stereocenters. The standard InChI is InChI=1S/C22H30ClN3O4S/c1-14(17-10-15(23)11-20-22(17)30-9-8-29-20)19(13-25(2)3)26(4)16-6-7-21(18(24)12-16)31(5,27)28/h6-7,10-12,14,19H,8-9,13,24H2,1-5H3. The molecule has 0 spiro atoms. The van der Waals surface area contributed by atoms with E-state index in [0.29, 0.717) is 24.0 Å². The van der Waals surface area contributed by atoms with Crippen molar-refractivity contribution in [3.05, 3.63) is 40.9 Å². The lowest BCUT2D eigenvalue weighted by Crippen LogP contribution is -2.43. The van der Waals surface area contributed by atoms with Crippen LogP contribution in [0, 0.1) is 0 Å². The summed E-state index contributed by atoms with van der Waals surface area (Å²) in [5, 5.41) is 0.596. The Hall–Kier alpha value is -2.16. The van der Waals surface area contributed by atoms with Crippen molar-refractivity contribution in [1.82, 2.24) is 4.90 Å². The van der Waals surface area contributed by atoms with E-state index in [1.165, 1.54) is 0 Å². The zero-order valence-corrected chi connectivity index (χ0v) is 20.1. The first-order valence-corrected chi connectivity index (χ1v) is 12.3. The van der Waals surface area contributed by atoms with Crippen molar-refractivity contribution in [2.24, 2.45) is 0 Å². The van der Waals surface area contributed by atoms with Crippen LogP contribution in [0.25, 0.3) is 0 Å². The van der Waals surface area contributed by atoms with Gasteiger partial charge in [0.25, 0.3) is 0 Å². The van der Waals surface area contributed by atoms with E-state index in [1.807, 2.05) is 27.2 Å². The summed E-state index contributed by atoms with van der Waals surface area (Å²) in [5.74, 6) is 1.42. The molecular weight excluding hydrogens is 438 g/mol. The number of anilines is 2. The maximum absolute atomic E-state index is 11.9. The van der Waals surface area contributed by atoms with Gasteiger partial charge in [-0.25, -0.2) is 8.42 Å². The quantitative estimate of drug-likeness (QED) is 0.625. The molecular formula is C22H30ClN3O4S. The average Bonchev–Trinajstić information content (AvgIpc) is 2.69. The van der Waals surface area contributed by atoms with Crippen molar-refractivity contribution in [1.29, 1.82) is 0 Å². The van der Waals surface area contributed by atoms with Gasteiger partial charge in [0.1, 0.15) is 13.2 Å². The number of likely N-dealkylation sites (N-methyl/N-ethyl adjacent to an activating group) is 2. The van der Waals surface area contributed by atoms with Crippen LogP contribution in [0.3, 0.4) is 0 Å². The molecule has 0 fully saturated rings. The number of benzene rings is 2. The molecule has 0 bridgehead atoms. The minimum Gasteiger partial charge on any atom is -0.486 e. The van der Waals surface area contributed by atoms with Crippen LogP contribution in [0.2, 0.25) is 5.02 Å². The van der Waals surface area contributed by atoms with E-state index >= 15 is 0 Å². The summed E-state index contributed by atoms with van der Waals surface area (Å²) in [6.45, 7) is 3.86. The summed E-state index contributed by atoms with van der Waals surface area (Å²) in [4.78, 5) is 4.36. The Balaban J connectivity index is 2.01. The van der Waals surface area contributed by atoms with Gasteiger partial charge in [0, 0.05) is 54.1 Å². The number of nitrogens with two attached hydrogens (primary N) is 1. The SMILES string of the molecule is CC(c1cc(Cl)cc2c1OCCO2)C(CN(C)C)N(C)c1ccc(S(C)(=O)=O)c(N)c1. The van der Waals surface area contributed by atoms with Crippen LogP contribution < -0.4 is 20.1 Å². The molecule has 1 aliphatic heterocycles. The van der Waals surface area contributed by atoms with Gasteiger partial charge >= 0.3 is 0 Å². The summed E-state index contributed by atoms with van der Waals surface area (Å²) in [6.07, 6.45) is 1.16. The molecule has 1 aliphatic rings. The van der Waals surface area contributed by atoms with E-state index in [2.05, 4.69) is 16.7 Å². The van der Waals surface area contributed by atoms with Gasteiger partial charge in [0.15, 0.2) is 21.3 Å². The van der Waals surface area contributed by atoms with Crippen LogP contribution in [0.15, 0.2) is 35.2 Å². The largest absolute Gasteiger partial charge is 0.486 e. The molecule has 9 heteroatoms. The van der Waals surface area contributed by atoms with Crippen LogP contribution in [-0.2, 0) is 9.84 Å². The Labute approximate surface area is 189 Å². The van der Waals surface area contributed by atoms with E-state index in [1.54, 1.807) is 24.3 Å². The number of rotatable bonds is 7. The van der Waals surface area contributed by atoms with Gasteiger partial charge in [-0.1, -0.05) is 18.5 Å². The van der Waals surface area contributed by atoms with Gasteiger partial charge in [-0.3, -0.25) is 0 Å². The topological polar surface area (TPSA) is 85.1 Å². The third kappa shape index (κ3) is 5.19.